The predicted octanol–water partition coefficient (Wildman–Crippen LogP) is 5.41. The highest BCUT2D eigenvalue weighted by molar-refractivity contribution is 6.29. The molecule has 0 aliphatic rings. The largest absolute Gasteiger partial charge is 0.457 e. The summed E-state index contributed by atoms with van der Waals surface area (Å²) in [5, 5.41) is 3.55. The second-order valence-corrected chi connectivity index (χ2v) is 4.86. The van der Waals surface area contributed by atoms with Gasteiger partial charge in [0.2, 0.25) is 0 Å². The molecule has 0 heterocycles. The molecule has 1 aromatic rings. The number of halogens is 1. The molecule has 0 radical (unpaired) electrons. The first-order chi connectivity index (χ1) is 9.99. The zero-order valence-electron chi connectivity index (χ0n) is 13.2. The van der Waals surface area contributed by atoms with Crippen LogP contribution in [0.1, 0.15) is 20.8 Å². The van der Waals surface area contributed by atoms with Gasteiger partial charge in [-0.3, -0.25) is 0 Å². The molecule has 0 unspecified atom stereocenters. The maximum Gasteiger partial charge on any atom is 0.127 e. The third kappa shape index (κ3) is 11.6. The molecule has 1 rings (SSSR count). The quantitative estimate of drug-likeness (QED) is 0.580. The van der Waals surface area contributed by atoms with Crippen LogP contribution in [0.15, 0.2) is 77.7 Å². The van der Waals surface area contributed by atoms with Crippen LogP contribution in [-0.4, -0.2) is 7.05 Å². The van der Waals surface area contributed by atoms with E-state index in [0.29, 0.717) is 0 Å². The molecule has 0 amide bonds. The van der Waals surface area contributed by atoms with E-state index in [9.17, 15) is 0 Å². The zero-order valence-corrected chi connectivity index (χ0v) is 13.9. The Balaban J connectivity index is 0.000000690. The number of hydrogen-bond acceptors (Lipinski definition) is 2. The highest BCUT2D eigenvalue weighted by atomic mass is 35.5. The molecule has 21 heavy (non-hydrogen) atoms. The van der Waals surface area contributed by atoms with Crippen molar-refractivity contribution in [2.24, 2.45) is 0 Å². The first kappa shape index (κ1) is 19.1. The fraction of sp³-hybridized carbons (Fsp3) is 0.222. The third-order valence-electron chi connectivity index (χ3n) is 2.21. The molecular weight excluding hydrogens is 282 g/mol. The molecule has 1 N–H and O–H groups in total. The normalized spacial score (nSPS) is 11.7. The first-order valence-corrected chi connectivity index (χ1v) is 7.10. The molecule has 114 valence electrons. The van der Waals surface area contributed by atoms with Gasteiger partial charge in [-0.2, -0.15) is 0 Å². The minimum absolute atomic E-state index is 0.721. The molecule has 0 bridgehead atoms. The lowest BCUT2D eigenvalue weighted by Crippen LogP contribution is -1.98. The van der Waals surface area contributed by atoms with Crippen molar-refractivity contribution in [1.82, 2.24) is 5.32 Å². The summed E-state index contributed by atoms with van der Waals surface area (Å²) in [6, 6.07) is 9.65. The number of rotatable bonds is 5. The summed E-state index contributed by atoms with van der Waals surface area (Å²) < 4.78 is 5.68. The second kappa shape index (κ2) is 11.9. The van der Waals surface area contributed by atoms with Gasteiger partial charge < -0.3 is 10.1 Å². The van der Waals surface area contributed by atoms with Crippen molar-refractivity contribution in [3.8, 4) is 5.75 Å². The molecule has 0 atom stereocenters. The molecule has 0 fully saturated rings. The van der Waals surface area contributed by atoms with Gasteiger partial charge in [0.15, 0.2) is 0 Å². The standard InChI is InChI=1S/C14H15ClO.C4H9N/c1-3-7-13(11-10-12(2)15)16-14-8-5-4-6-9-14;1-4(2)5-3/h3-11H,1-2H3;5H,1H2,2-3H3/b7-3?,12-10+,13-11+;. The second-order valence-electron chi connectivity index (χ2n) is 4.27. The van der Waals surface area contributed by atoms with Gasteiger partial charge in [0.1, 0.15) is 11.5 Å². The predicted molar refractivity (Wildman–Crippen MR) is 93.5 cm³/mol. The monoisotopic (exact) mass is 305 g/mol. The van der Waals surface area contributed by atoms with Crippen molar-refractivity contribution in [2.75, 3.05) is 7.05 Å². The Morgan fingerprint density at radius 1 is 1.19 bits per heavy atom. The molecule has 1 aromatic carbocycles. The minimum Gasteiger partial charge on any atom is -0.457 e. The van der Waals surface area contributed by atoms with E-state index in [1.165, 1.54) is 0 Å². The van der Waals surface area contributed by atoms with E-state index in [2.05, 4.69) is 11.9 Å². The maximum absolute atomic E-state index is 5.76. The Bertz CT molecular complexity index is 497. The molecule has 0 aliphatic heterocycles. The Morgan fingerprint density at radius 2 is 1.76 bits per heavy atom. The van der Waals surface area contributed by atoms with Gasteiger partial charge in [0.05, 0.1) is 0 Å². The summed E-state index contributed by atoms with van der Waals surface area (Å²) in [7, 11) is 1.85. The van der Waals surface area contributed by atoms with E-state index in [4.69, 9.17) is 16.3 Å². The van der Waals surface area contributed by atoms with Gasteiger partial charge in [-0.15, -0.1) is 0 Å². The Labute approximate surface area is 133 Å². The van der Waals surface area contributed by atoms with Crippen LogP contribution < -0.4 is 10.1 Å². The summed E-state index contributed by atoms with van der Waals surface area (Å²) in [5.74, 6) is 1.57. The molecule has 2 nitrogen and oxygen atoms in total. The van der Waals surface area contributed by atoms with Crippen molar-refractivity contribution >= 4 is 11.6 Å². The molecule has 3 heteroatoms. The first-order valence-electron chi connectivity index (χ1n) is 6.72. The maximum atomic E-state index is 5.76. The van der Waals surface area contributed by atoms with Crippen LogP contribution in [0.3, 0.4) is 0 Å². The number of nitrogens with one attached hydrogen (secondary N) is 1. The van der Waals surface area contributed by atoms with E-state index in [-0.39, 0.29) is 0 Å². The Morgan fingerprint density at radius 3 is 2.19 bits per heavy atom. The average Bonchev–Trinajstić information content (AvgIpc) is 2.46. The van der Waals surface area contributed by atoms with Crippen molar-refractivity contribution in [1.29, 1.82) is 0 Å². The van der Waals surface area contributed by atoms with Crippen molar-refractivity contribution < 1.29 is 4.74 Å². The van der Waals surface area contributed by atoms with Gasteiger partial charge in [0, 0.05) is 12.1 Å². The van der Waals surface area contributed by atoms with Crippen LogP contribution in [0.25, 0.3) is 0 Å². The molecule has 0 saturated heterocycles. The summed E-state index contributed by atoms with van der Waals surface area (Å²) in [6.07, 6.45) is 7.46. The Kier molecular flexibility index (Phi) is 10.8. The van der Waals surface area contributed by atoms with Crippen molar-refractivity contribution in [3.63, 3.8) is 0 Å². The fourth-order valence-corrected chi connectivity index (χ4v) is 1.17. The zero-order chi connectivity index (χ0) is 16.1. The fourth-order valence-electron chi connectivity index (χ4n) is 1.11. The lowest BCUT2D eigenvalue weighted by Gasteiger charge is -2.05. The summed E-state index contributed by atoms with van der Waals surface area (Å²) in [5.41, 5.74) is 1.00. The number of ether oxygens (including phenoxy) is 1. The van der Waals surface area contributed by atoms with E-state index < -0.39 is 0 Å². The number of allylic oxidation sites excluding steroid dienone is 6. The molecular formula is C18H24ClNO. The van der Waals surface area contributed by atoms with Gasteiger partial charge >= 0.3 is 0 Å². The van der Waals surface area contributed by atoms with Gasteiger partial charge in [-0.05, 0) is 56.8 Å². The summed E-state index contributed by atoms with van der Waals surface area (Å²) >= 11 is 5.76. The molecule has 0 saturated carbocycles. The van der Waals surface area contributed by atoms with Gasteiger partial charge in [-0.25, -0.2) is 0 Å². The van der Waals surface area contributed by atoms with E-state index in [1.807, 2.05) is 76.4 Å². The molecule has 0 aromatic heterocycles. The molecule has 0 aliphatic carbocycles. The molecule has 0 spiro atoms. The highest BCUT2D eigenvalue weighted by Gasteiger charge is 1.94. The summed E-state index contributed by atoms with van der Waals surface area (Å²) in [6.45, 7) is 9.25. The van der Waals surface area contributed by atoms with Crippen LogP contribution >= 0.6 is 11.6 Å². The van der Waals surface area contributed by atoms with Crippen LogP contribution in [-0.2, 0) is 0 Å². The van der Waals surface area contributed by atoms with Crippen LogP contribution in [0.2, 0.25) is 0 Å². The van der Waals surface area contributed by atoms with Crippen molar-refractivity contribution in [2.45, 2.75) is 20.8 Å². The topological polar surface area (TPSA) is 21.3 Å². The minimum atomic E-state index is 0.721. The van der Waals surface area contributed by atoms with E-state index >= 15 is 0 Å². The van der Waals surface area contributed by atoms with Gasteiger partial charge in [-0.1, -0.05) is 42.5 Å². The van der Waals surface area contributed by atoms with E-state index in [0.717, 1.165) is 22.2 Å². The van der Waals surface area contributed by atoms with Crippen LogP contribution in [0.5, 0.6) is 5.75 Å². The highest BCUT2D eigenvalue weighted by Crippen LogP contribution is 2.14. The number of para-hydroxylation sites is 1. The number of hydrogen-bond donors (Lipinski definition) is 1. The van der Waals surface area contributed by atoms with Crippen LogP contribution in [0, 0.1) is 0 Å². The van der Waals surface area contributed by atoms with E-state index in [1.54, 1.807) is 6.08 Å². The lowest BCUT2D eigenvalue weighted by molar-refractivity contribution is 0.444. The van der Waals surface area contributed by atoms with Gasteiger partial charge in [0.25, 0.3) is 0 Å². The number of benzene rings is 1. The smallest absolute Gasteiger partial charge is 0.127 e. The third-order valence-corrected chi connectivity index (χ3v) is 2.34. The van der Waals surface area contributed by atoms with Crippen LogP contribution in [0.4, 0.5) is 0 Å². The average molecular weight is 306 g/mol. The Hall–Kier alpha value is -1.93. The van der Waals surface area contributed by atoms with Crippen molar-refractivity contribution in [3.05, 3.63) is 77.7 Å². The lowest BCUT2D eigenvalue weighted by atomic mass is 10.3. The SMILES string of the molecule is C=C(C)NC.CC=C/C(=C\C=C(/C)Cl)Oc1ccccc1. The summed E-state index contributed by atoms with van der Waals surface area (Å²) in [4.78, 5) is 0.